The molecular formula is C16H16FN3O. The summed E-state index contributed by atoms with van der Waals surface area (Å²) in [5.41, 5.74) is 1.92. The number of anilines is 1. The highest BCUT2D eigenvalue weighted by atomic mass is 19.1. The van der Waals surface area contributed by atoms with Crippen LogP contribution in [0.1, 0.15) is 6.92 Å². The van der Waals surface area contributed by atoms with E-state index in [1.54, 1.807) is 12.1 Å². The minimum absolute atomic E-state index is 0.0660. The number of imidazole rings is 1. The van der Waals surface area contributed by atoms with Crippen LogP contribution >= 0.6 is 0 Å². The van der Waals surface area contributed by atoms with E-state index in [4.69, 9.17) is 4.74 Å². The molecule has 1 aromatic heterocycles. The predicted octanol–water partition coefficient (Wildman–Crippen LogP) is 3.58. The van der Waals surface area contributed by atoms with Gasteiger partial charge in [0.1, 0.15) is 17.7 Å². The monoisotopic (exact) mass is 285 g/mol. The van der Waals surface area contributed by atoms with Gasteiger partial charge in [-0.2, -0.15) is 0 Å². The summed E-state index contributed by atoms with van der Waals surface area (Å²) in [6, 6.07) is 13.8. The average molecular weight is 285 g/mol. The SMILES string of the molecule is CC(CNc1nc2ccccc2[nH]1)Oc1ccc(F)cc1. The van der Waals surface area contributed by atoms with Crippen molar-refractivity contribution in [2.45, 2.75) is 13.0 Å². The Morgan fingerprint density at radius 2 is 1.95 bits per heavy atom. The Morgan fingerprint density at radius 1 is 1.19 bits per heavy atom. The molecular weight excluding hydrogens is 269 g/mol. The largest absolute Gasteiger partial charge is 0.489 e. The molecule has 1 atom stereocenters. The molecule has 4 nitrogen and oxygen atoms in total. The second kappa shape index (κ2) is 5.83. The normalized spacial score (nSPS) is 12.3. The van der Waals surface area contributed by atoms with Crippen molar-refractivity contribution in [3.05, 3.63) is 54.3 Å². The Bertz CT molecular complexity index is 691. The van der Waals surface area contributed by atoms with E-state index < -0.39 is 0 Å². The molecule has 0 fully saturated rings. The number of nitrogens with one attached hydrogen (secondary N) is 2. The van der Waals surface area contributed by atoms with Crippen LogP contribution < -0.4 is 10.1 Å². The standard InChI is InChI=1S/C16H16FN3O/c1-11(21-13-8-6-12(17)7-9-13)10-18-16-19-14-4-2-3-5-15(14)20-16/h2-9,11H,10H2,1H3,(H2,18,19,20). The summed E-state index contributed by atoms with van der Waals surface area (Å²) < 4.78 is 18.5. The fourth-order valence-corrected chi connectivity index (χ4v) is 2.06. The second-order valence-electron chi connectivity index (χ2n) is 4.87. The topological polar surface area (TPSA) is 49.9 Å². The van der Waals surface area contributed by atoms with Gasteiger partial charge >= 0.3 is 0 Å². The number of benzene rings is 2. The van der Waals surface area contributed by atoms with Crippen molar-refractivity contribution >= 4 is 17.0 Å². The number of rotatable bonds is 5. The number of H-pyrrole nitrogens is 1. The minimum Gasteiger partial charge on any atom is -0.489 e. The molecule has 3 aromatic rings. The second-order valence-corrected chi connectivity index (χ2v) is 4.87. The van der Waals surface area contributed by atoms with E-state index in [-0.39, 0.29) is 11.9 Å². The molecule has 0 aliphatic carbocycles. The molecule has 5 heteroatoms. The fraction of sp³-hybridized carbons (Fsp3) is 0.188. The number of aromatic amines is 1. The van der Waals surface area contributed by atoms with E-state index in [2.05, 4.69) is 15.3 Å². The van der Waals surface area contributed by atoms with E-state index in [0.29, 0.717) is 18.2 Å². The van der Waals surface area contributed by atoms with Gasteiger partial charge in [0.05, 0.1) is 17.6 Å². The van der Waals surface area contributed by atoms with Crippen LogP contribution in [0.4, 0.5) is 10.3 Å². The maximum absolute atomic E-state index is 12.8. The molecule has 0 spiro atoms. The van der Waals surface area contributed by atoms with Crippen LogP contribution in [0.5, 0.6) is 5.75 Å². The van der Waals surface area contributed by atoms with Gasteiger partial charge in [-0.25, -0.2) is 9.37 Å². The summed E-state index contributed by atoms with van der Waals surface area (Å²) >= 11 is 0. The van der Waals surface area contributed by atoms with E-state index in [1.165, 1.54) is 12.1 Å². The van der Waals surface area contributed by atoms with Crippen molar-refractivity contribution in [2.75, 3.05) is 11.9 Å². The summed E-state index contributed by atoms with van der Waals surface area (Å²) in [7, 11) is 0. The Balaban J connectivity index is 1.57. The molecule has 0 aliphatic heterocycles. The number of aromatic nitrogens is 2. The number of fused-ring (bicyclic) bond motifs is 1. The van der Waals surface area contributed by atoms with E-state index in [0.717, 1.165) is 11.0 Å². The molecule has 2 N–H and O–H groups in total. The first-order valence-corrected chi connectivity index (χ1v) is 6.81. The average Bonchev–Trinajstić information content (AvgIpc) is 2.90. The van der Waals surface area contributed by atoms with Crippen molar-refractivity contribution < 1.29 is 9.13 Å². The maximum Gasteiger partial charge on any atom is 0.201 e. The van der Waals surface area contributed by atoms with Gasteiger partial charge in [0.25, 0.3) is 0 Å². The van der Waals surface area contributed by atoms with Crippen molar-refractivity contribution in [1.29, 1.82) is 0 Å². The van der Waals surface area contributed by atoms with Gasteiger partial charge in [0.2, 0.25) is 5.95 Å². The van der Waals surface area contributed by atoms with Gasteiger partial charge in [-0.3, -0.25) is 0 Å². The number of halogens is 1. The van der Waals surface area contributed by atoms with Gasteiger partial charge in [0.15, 0.2) is 0 Å². The minimum atomic E-state index is -0.268. The van der Waals surface area contributed by atoms with Gasteiger partial charge in [-0.15, -0.1) is 0 Å². The van der Waals surface area contributed by atoms with E-state index >= 15 is 0 Å². The van der Waals surface area contributed by atoms with E-state index in [1.807, 2.05) is 31.2 Å². The zero-order chi connectivity index (χ0) is 14.7. The molecule has 1 heterocycles. The van der Waals surface area contributed by atoms with Gasteiger partial charge in [-0.05, 0) is 43.3 Å². The van der Waals surface area contributed by atoms with Gasteiger partial charge < -0.3 is 15.0 Å². The van der Waals surface area contributed by atoms with Crippen molar-refractivity contribution in [3.8, 4) is 5.75 Å². The highest BCUT2D eigenvalue weighted by Crippen LogP contribution is 2.15. The smallest absolute Gasteiger partial charge is 0.201 e. The molecule has 21 heavy (non-hydrogen) atoms. The summed E-state index contributed by atoms with van der Waals surface area (Å²) in [6.07, 6.45) is -0.0660. The number of para-hydroxylation sites is 2. The highest BCUT2D eigenvalue weighted by Gasteiger charge is 2.06. The molecule has 108 valence electrons. The zero-order valence-electron chi connectivity index (χ0n) is 11.6. The molecule has 0 aliphatic rings. The van der Waals surface area contributed by atoms with E-state index in [9.17, 15) is 4.39 Å². The molecule has 2 aromatic carbocycles. The maximum atomic E-state index is 12.8. The predicted molar refractivity (Wildman–Crippen MR) is 81.1 cm³/mol. The molecule has 0 amide bonds. The van der Waals surface area contributed by atoms with Crippen LogP contribution in [-0.2, 0) is 0 Å². The molecule has 0 saturated heterocycles. The third-order valence-corrected chi connectivity index (χ3v) is 3.10. The summed E-state index contributed by atoms with van der Waals surface area (Å²) in [5, 5.41) is 3.20. The first-order chi connectivity index (χ1) is 10.2. The van der Waals surface area contributed by atoms with Crippen LogP contribution in [0, 0.1) is 5.82 Å². The highest BCUT2D eigenvalue weighted by molar-refractivity contribution is 5.77. The first-order valence-electron chi connectivity index (χ1n) is 6.81. The molecule has 0 bridgehead atoms. The zero-order valence-corrected chi connectivity index (χ0v) is 11.6. The van der Waals surface area contributed by atoms with Crippen LogP contribution in [0.15, 0.2) is 48.5 Å². The number of hydrogen-bond donors (Lipinski definition) is 2. The lowest BCUT2D eigenvalue weighted by Crippen LogP contribution is -2.23. The van der Waals surface area contributed by atoms with Gasteiger partial charge in [-0.1, -0.05) is 12.1 Å². The Morgan fingerprint density at radius 3 is 2.71 bits per heavy atom. The lowest BCUT2D eigenvalue weighted by Gasteiger charge is -2.15. The van der Waals surface area contributed by atoms with Crippen LogP contribution in [0.25, 0.3) is 11.0 Å². The summed E-state index contributed by atoms with van der Waals surface area (Å²) in [4.78, 5) is 7.63. The molecule has 0 saturated carbocycles. The van der Waals surface area contributed by atoms with Crippen molar-refractivity contribution in [2.24, 2.45) is 0 Å². The van der Waals surface area contributed by atoms with Crippen LogP contribution in [0.2, 0.25) is 0 Å². The summed E-state index contributed by atoms with van der Waals surface area (Å²) in [5.74, 6) is 1.09. The summed E-state index contributed by atoms with van der Waals surface area (Å²) in [6.45, 7) is 2.54. The first kappa shape index (κ1) is 13.4. The van der Waals surface area contributed by atoms with Crippen LogP contribution in [0.3, 0.4) is 0 Å². The Labute approximate surface area is 122 Å². The third-order valence-electron chi connectivity index (χ3n) is 3.10. The van der Waals surface area contributed by atoms with Crippen molar-refractivity contribution in [3.63, 3.8) is 0 Å². The Hall–Kier alpha value is -2.56. The van der Waals surface area contributed by atoms with Crippen molar-refractivity contribution in [1.82, 2.24) is 9.97 Å². The molecule has 1 unspecified atom stereocenters. The lowest BCUT2D eigenvalue weighted by molar-refractivity contribution is 0.234. The number of nitrogens with zero attached hydrogens (tertiary/aromatic N) is 1. The van der Waals surface area contributed by atoms with Gasteiger partial charge in [0, 0.05) is 0 Å². The number of hydrogen-bond acceptors (Lipinski definition) is 3. The molecule has 0 radical (unpaired) electrons. The number of ether oxygens (including phenoxy) is 1. The lowest BCUT2D eigenvalue weighted by atomic mass is 10.3. The fourth-order valence-electron chi connectivity index (χ4n) is 2.06. The Kier molecular flexibility index (Phi) is 3.73. The third kappa shape index (κ3) is 3.31. The molecule has 3 rings (SSSR count). The van der Waals surface area contributed by atoms with Crippen LogP contribution in [-0.4, -0.2) is 22.6 Å². The quantitative estimate of drug-likeness (QED) is 0.753.